The quantitative estimate of drug-likeness (QED) is 0.826. The van der Waals surface area contributed by atoms with Gasteiger partial charge < -0.3 is 11.1 Å². The Kier molecular flexibility index (Phi) is 3.96. The number of carbonyl (C=O) groups excluding carboxylic acids is 3. The van der Waals surface area contributed by atoms with Crippen molar-refractivity contribution in [1.82, 2.24) is 4.90 Å². The number of amides is 3. The summed E-state index contributed by atoms with van der Waals surface area (Å²) in [6.45, 7) is -0.313. The molecule has 1 aromatic rings. The average Bonchev–Trinajstić information content (AvgIpc) is 2.65. The van der Waals surface area contributed by atoms with Gasteiger partial charge in [0.2, 0.25) is 11.8 Å². The minimum Gasteiger partial charge on any atom is -0.397 e. The zero-order valence-electron chi connectivity index (χ0n) is 9.68. The number of hydrogen-bond acceptors (Lipinski definition) is 5. The molecule has 0 unspecified atom stereocenters. The minimum absolute atomic E-state index is 0.0786. The Balaban J connectivity index is 2.01. The van der Waals surface area contributed by atoms with E-state index in [0.717, 1.165) is 16.7 Å². The molecule has 0 spiro atoms. The molecule has 2 rings (SSSR count). The molecule has 1 aliphatic heterocycles. The molecular formula is C11H10ClN3O3S. The van der Waals surface area contributed by atoms with E-state index in [1.165, 1.54) is 6.07 Å². The maximum absolute atomic E-state index is 11.7. The molecule has 0 bridgehead atoms. The second-order valence-electron chi connectivity index (χ2n) is 3.81. The number of halogens is 1. The van der Waals surface area contributed by atoms with Gasteiger partial charge in [0.05, 0.1) is 17.1 Å². The van der Waals surface area contributed by atoms with Crippen LogP contribution in [0, 0.1) is 0 Å². The molecule has 1 heterocycles. The second kappa shape index (κ2) is 5.50. The molecule has 19 heavy (non-hydrogen) atoms. The summed E-state index contributed by atoms with van der Waals surface area (Å²) in [4.78, 5) is 35.3. The van der Waals surface area contributed by atoms with Crippen molar-refractivity contribution in [3.8, 4) is 0 Å². The van der Waals surface area contributed by atoms with E-state index in [1.54, 1.807) is 12.1 Å². The van der Waals surface area contributed by atoms with Crippen LogP contribution in [-0.4, -0.2) is 34.3 Å². The molecule has 100 valence electrons. The minimum atomic E-state index is -0.488. The molecule has 6 nitrogen and oxygen atoms in total. The maximum Gasteiger partial charge on any atom is 0.289 e. The number of nitrogens with one attached hydrogen (secondary N) is 1. The molecule has 0 atom stereocenters. The number of rotatable bonds is 3. The van der Waals surface area contributed by atoms with E-state index in [0.29, 0.717) is 16.4 Å². The third kappa shape index (κ3) is 3.18. The first-order valence-corrected chi connectivity index (χ1v) is 6.65. The van der Waals surface area contributed by atoms with Gasteiger partial charge in [0, 0.05) is 5.02 Å². The van der Waals surface area contributed by atoms with Crippen molar-refractivity contribution in [2.75, 3.05) is 23.3 Å². The number of imide groups is 1. The molecule has 1 aromatic carbocycles. The highest BCUT2D eigenvalue weighted by Crippen LogP contribution is 2.23. The van der Waals surface area contributed by atoms with Crippen LogP contribution in [0.4, 0.5) is 16.2 Å². The number of hydrogen-bond donors (Lipinski definition) is 2. The van der Waals surface area contributed by atoms with Gasteiger partial charge in [-0.1, -0.05) is 23.4 Å². The molecule has 0 aliphatic carbocycles. The first-order valence-electron chi connectivity index (χ1n) is 5.29. The lowest BCUT2D eigenvalue weighted by atomic mass is 10.2. The summed E-state index contributed by atoms with van der Waals surface area (Å²) >= 11 is 6.62. The van der Waals surface area contributed by atoms with Crippen molar-refractivity contribution in [1.29, 1.82) is 0 Å². The smallest absolute Gasteiger partial charge is 0.289 e. The van der Waals surface area contributed by atoms with Crippen LogP contribution in [0.5, 0.6) is 0 Å². The SMILES string of the molecule is Nc1cc(Cl)ccc1NC(=O)CN1C(=O)CSC1=O. The predicted molar refractivity (Wildman–Crippen MR) is 74.1 cm³/mol. The van der Waals surface area contributed by atoms with E-state index in [1.807, 2.05) is 0 Å². The number of benzene rings is 1. The molecule has 3 N–H and O–H groups in total. The Bertz CT molecular complexity index is 548. The topological polar surface area (TPSA) is 92.5 Å². The van der Waals surface area contributed by atoms with Gasteiger partial charge in [-0.05, 0) is 18.2 Å². The first kappa shape index (κ1) is 13.7. The van der Waals surface area contributed by atoms with E-state index < -0.39 is 11.1 Å². The van der Waals surface area contributed by atoms with E-state index in [9.17, 15) is 14.4 Å². The van der Waals surface area contributed by atoms with Crippen molar-refractivity contribution >= 4 is 51.8 Å². The lowest BCUT2D eigenvalue weighted by Gasteiger charge is -2.13. The summed E-state index contributed by atoms with van der Waals surface area (Å²) in [6.07, 6.45) is 0. The average molecular weight is 300 g/mol. The number of thioether (sulfide) groups is 1. The van der Waals surface area contributed by atoms with Crippen LogP contribution >= 0.6 is 23.4 Å². The lowest BCUT2D eigenvalue weighted by Crippen LogP contribution is -2.36. The maximum atomic E-state index is 11.7. The highest BCUT2D eigenvalue weighted by atomic mass is 35.5. The van der Waals surface area contributed by atoms with Gasteiger partial charge in [-0.15, -0.1) is 0 Å². The molecule has 0 aromatic heterocycles. The third-order valence-electron chi connectivity index (χ3n) is 2.43. The monoisotopic (exact) mass is 299 g/mol. The van der Waals surface area contributed by atoms with Crippen molar-refractivity contribution in [2.45, 2.75) is 0 Å². The number of carbonyl (C=O) groups is 3. The number of nitrogens with two attached hydrogens (primary N) is 1. The third-order valence-corrected chi connectivity index (χ3v) is 3.52. The Labute approximate surface area is 118 Å². The second-order valence-corrected chi connectivity index (χ2v) is 5.18. The summed E-state index contributed by atoms with van der Waals surface area (Å²) in [5.74, 6) is -0.776. The van der Waals surface area contributed by atoms with Gasteiger partial charge in [-0.25, -0.2) is 0 Å². The normalized spacial score (nSPS) is 14.9. The summed E-state index contributed by atoms with van der Waals surface area (Å²) < 4.78 is 0. The molecular weight excluding hydrogens is 290 g/mol. The Morgan fingerprint density at radius 1 is 1.47 bits per heavy atom. The standard InChI is InChI=1S/C11H10ClN3O3S/c12-6-1-2-8(7(13)3-6)14-9(16)4-15-10(17)5-19-11(15)18/h1-3H,4-5,13H2,(H,14,16). The first-order chi connectivity index (χ1) is 8.97. The largest absolute Gasteiger partial charge is 0.397 e. The molecule has 3 amide bonds. The van der Waals surface area contributed by atoms with Gasteiger partial charge in [-0.3, -0.25) is 19.3 Å². The van der Waals surface area contributed by atoms with Gasteiger partial charge in [-0.2, -0.15) is 0 Å². The fourth-order valence-corrected chi connectivity index (χ4v) is 2.42. The van der Waals surface area contributed by atoms with E-state index >= 15 is 0 Å². The van der Waals surface area contributed by atoms with Crippen LogP contribution in [-0.2, 0) is 9.59 Å². The number of nitrogen functional groups attached to an aromatic ring is 1. The van der Waals surface area contributed by atoms with Crippen LogP contribution in [0.15, 0.2) is 18.2 Å². The van der Waals surface area contributed by atoms with Crippen molar-refractivity contribution < 1.29 is 14.4 Å². The highest BCUT2D eigenvalue weighted by Gasteiger charge is 2.31. The van der Waals surface area contributed by atoms with Gasteiger partial charge in [0.15, 0.2) is 0 Å². The molecule has 1 aliphatic rings. The van der Waals surface area contributed by atoms with Crippen LogP contribution in [0.1, 0.15) is 0 Å². The fraction of sp³-hybridized carbons (Fsp3) is 0.182. The number of anilines is 2. The van der Waals surface area contributed by atoms with E-state index in [-0.39, 0.29) is 18.2 Å². The highest BCUT2D eigenvalue weighted by molar-refractivity contribution is 8.14. The Hall–Kier alpha value is -1.73. The molecule has 0 saturated carbocycles. The summed E-state index contributed by atoms with van der Waals surface area (Å²) in [5.41, 5.74) is 6.39. The van der Waals surface area contributed by atoms with Crippen LogP contribution in [0.2, 0.25) is 5.02 Å². The lowest BCUT2D eigenvalue weighted by molar-refractivity contribution is -0.128. The predicted octanol–water partition coefficient (Wildman–Crippen LogP) is 1.56. The molecule has 0 radical (unpaired) electrons. The Morgan fingerprint density at radius 2 is 2.21 bits per heavy atom. The molecule has 1 fully saturated rings. The number of nitrogens with zero attached hydrogens (tertiary/aromatic N) is 1. The van der Waals surface area contributed by atoms with Crippen LogP contribution in [0.25, 0.3) is 0 Å². The summed E-state index contributed by atoms with van der Waals surface area (Å²) in [5, 5.41) is 2.57. The zero-order chi connectivity index (χ0) is 14.0. The van der Waals surface area contributed by atoms with Crippen molar-refractivity contribution in [2.24, 2.45) is 0 Å². The molecule has 1 saturated heterocycles. The summed E-state index contributed by atoms with van der Waals surface area (Å²) in [7, 11) is 0. The van der Waals surface area contributed by atoms with Crippen molar-refractivity contribution in [3.05, 3.63) is 23.2 Å². The Morgan fingerprint density at radius 3 is 2.79 bits per heavy atom. The van der Waals surface area contributed by atoms with Gasteiger partial charge in [0.1, 0.15) is 6.54 Å². The van der Waals surface area contributed by atoms with E-state index in [4.69, 9.17) is 17.3 Å². The van der Waals surface area contributed by atoms with Crippen LogP contribution in [0.3, 0.4) is 0 Å². The summed E-state index contributed by atoms with van der Waals surface area (Å²) in [6, 6.07) is 4.63. The van der Waals surface area contributed by atoms with Gasteiger partial charge in [0.25, 0.3) is 5.24 Å². The van der Waals surface area contributed by atoms with E-state index in [2.05, 4.69) is 5.32 Å². The fourth-order valence-electron chi connectivity index (χ4n) is 1.51. The molecule has 8 heteroatoms. The zero-order valence-corrected chi connectivity index (χ0v) is 11.3. The van der Waals surface area contributed by atoms with Crippen molar-refractivity contribution in [3.63, 3.8) is 0 Å². The van der Waals surface area contributed by atoms with Gasteiger partial charge >= 0.3 is 0 Å². The van der Waals surface area contributed by atoms with Crippen LogP contribution < -0.4 is 11.1 Å².